The molecule has 0 aliphatic heterocycles. The average Bonchev–Trinajstić information content (AvgIpc) is 3.00. The zero-order valence-corrected chi connectivity index (χ0v) is 15.5. The van der Waals surface area contributed by atoms with E-state index in [1.807, 2.05) is 28.8 Å². The van der Waals surface area contributed by atoms with Gasteiger partial charge in [0.15, 0.2) is 5.16 Å². The molecule has 0 bridgehead atoms. The van der Waals surface area contributed by atoms with Gasteiger partial charge in [0.25, 0.3) is 0 Å². The monoisotopic (exact) mass is 360 g/mol. The van der Waals surface area contributed by atoms with Gasteiger partial charge in [-0.25, -0.2) is 0 Å². The predicted octanol–water partition coefficient (Wildman–Crippen LogP) is 3.55. The van der Waals surface area contributed by atoms with E-state index in [4.69, 9.17) is 4.74 Å². The third kappa shape index (κ3) is 5.63. The van der Waals surface area contributed by atoms with Crippen molar-refractivity contribution in [3.8, 4) is 5.75 Å². The summed E-state index contributed by atoms with van der Waals surface area (Å²) in [6, 6.07) is 7.28. The van der Waals surface area contributed by atoms with E-state index >= 15 is 0 Å². The summed E-state index contributed by atoms with van der Waals surface area (Å²) in [6.45, 7) is 6.58. The highest BCUT2D eigenvalue weighted by Crippen LogP contribution is 2.20. The summed E-state index contributed by atoms with van der Waals surface area (Å²) in [7, 11) is 1.60. The maximum absolute atomic E-state index is 12.2. The van der Waals surface area contributed by atoms with Gasteiger partial charge in [-0.15, -0.1) is 16.8 Å². The Morgan fingerprint density at radius 1 is 1.44 bits per heavy atom. The molecule has 1 N–H and O–H groups in total. The number of unbranched alkanes of at least 4 members (excludes halogenated alkanes) is 1. The first kappa shape index (κ1) is 19.1. The van der Waals surface area contributed by atoms with Crippen molar-refractivity contribution in [3.05, 3.63) is 42.7 Å². The first-order valence-corrected chi connectivity index (χ1v) is 9.26. The summed E-state index contributed by atoms with van der Waals surface area (Å²) in [6.07, 6.45) is 4.87. The molecule has 0 radical (unpaired) electrons. The van der Waals surface area contributed by atoms with E-state index in [9.17, 15) is 4.79 Å². The maximum Gasteiger partial charge on any atom is 0.234 e. The van der Waals surface area contributed by atoms with Gasteiger partial charge < -0.3 is 14.6 Å². The maximum atomic E-state index is 12.2. The zero-order valence-electron chi connectivity index (χ0n) is 14.7. The number of hydrogen-bond donors (Lipinski definition) is 1. The van der Waals surface area contributed by atoms with Crippen LogP contribution in [0.2, 0.25) is 0 Å². The molecular formula is C18H24N4O2S. The van der Waals surface area contributed by atoms with Crippen LogP contribution >= 0.6 is 11.8 Å². The Balaban J connectivity index is 1.96. The molecule has 0 aliphatic carbocycles. The van der Waals surface area contributed by atoms with Crippen LogP contribution in [0.4, 0.5) is 5.69 Å². The number of nitrogens with zero attached hydrogens (tertiary/aromatic N) is 3. The molecule has 25 heavy (non-hydrogen) atoms. The number of methoxy groups -OCH3 is 1. The molecule has 0 spiro atoms. The van der Waals surface area contributed by atoms with Crippen molar-refractivity contribution in [1.29, 1.82) is 0 Å². The second-order valence-electron chi connectivity index (χ2n) is 5.47. The summed E-state index contributed by atoms with van der Waals surface area (Å²) in [5.41, 5.74) is 0.709. The van der Waals surface area contributed by atoms with E-state index in [2.05, 4.69) is 29.0 Å². The lowest BCUT2D eigenvalue weighted by Gasteiger charge is -2.08. The highest BCUT2D eigenvalue weighted by atomic mass is 32.2. The van der Waals surface area contributed by atoms with Crippen LogP contribution in [0.5, 0.6) is 5.75 Å². The van der Waals surface area contributed by atoms with Gasteiger partial charge in [0.2, 0.25) is 5.91 Å². The molecule has 0 atom stereocenters. The van der Waals surface area contributed by atoms with Gasteiger partial charge in [-0.2, -0.15) is 0 Å². The lowest BCUT2D eigenvalue weighted by Crippen LogP contribution is -2.14. The molecule has 2 rings (SSSR count). The Bertz CT molecular complexity index is 715. The highest BCUT2D eigenvalue weighted by molar-refractivity contribution is 7.99. The van der Waals surface area contributed by atoms with E-state index in [0.717, 1.165) is 30.2 Å². The van der Waals surface area contributed by atoms with Gasteiger partial charge in [-0.05, 0) is 18.6 Å². The van der Waals surface area contributed by atoms with Gasteiger partial charge >= 0.3 is 0 Å². The molecule has 1 heterocycles. The van der Waals surface area contributed by atoms with Gasteiger partial charge in [-0.3, -0.25) is 4.79 Å². The van der Waals surface area contributed by atoms with Crippen LogP contribution in [0.1, 0.15) is 25.6 Å². The minimum Gasteiger partial charge on any atom is -0.497 e. The number of thioether (sulfide) groups is 1. The minimum absolute atomic E-state index is 0.0958. The largest absolute Gasteiger partial charge is 0.497 e. The fraction of sp³-hybridized carbons (Fsp3) is 0.389. The van der Waals surface area contributed by atoms with Crippen LogP contribution in [-0.2, 0) is 17.8 Å². The second-order valence-corrected chi connectivity index (χ2v) is 6.41. The molecule has 0 saturated heterocycles. The third-order valence-corrected chi connectivity index (χ3v) is 4.51. The van der Waals surface area contributed by atoms with Crippen molar-refractivity contribution in [2.45, 2.75) is 37.9 Å². The molecule has 0 fully saturated rings. The number of allylic oxidation sites excluding steroid dienone is 1. The second kappa shape index (κ2) is 9.88. The van der Waals surface area contributed by atoms with Crippen LogP contribution in [0, 0.1) is 0 Å². The van der Waals surface area contributed by atoms with Gasteiger partial charge in [0.1, 0.15) is 11.6 Å². The Morgan fingerprint density at radius 3 is 3.00 bits per heavy atom. The van der Waals surface area contributed by atoms with E-state index in [1.54, 1.807) is 13.2 Å². The molecule has 7 heteroatoms. The van der Waals surface area contributed by atoms with Crippen molar-refractivity contribution in [2.75, 3.05) is 18.2 Å². The lowest BCUT2D eigenvalue weighted by molar-refractivity contribution is -0.113. The number of ether oxygens (including phenoxy) is 1. The summed E-state index contributed by atoms with van der Waals surface area (Å²) in [4.78, 5) is 12.2. The standard InChI is InChI=1S/C18H24N4O2S/c1-4-6-10-16-20-21-18(22(16)11-5-2)25-13-17(23)19-14-8-7-9-15(12-14)24-3/h5,7-9,12H,2,4,6,10-11,13H2,1,3H3,(H,19,23). The van der Waals surface area contributed by atoms with Crippen LogP contribution in [-0.4, -0.2) is 33.5 Å². The lowest BCUT2D eigenvalue weighted by atomic mass is 10.2. The number of hydrogen-bond acceptors (Lipinski definition) is 5. The third-order valence-electron chi connectivity index (χ3n) is 3.54. The number of carbonyl (C=O) groups excluding carboxylic acids is 1. The van der Waals surface area contributed by atoms with Crippen molar-refractivity contribution >= 4 is 23.4 Å². The zero-order chi connectivity index (χ0) is 18.1. The Labute approximate surface area is 152 Å². The summed E-state index contributed by atoms with van der Waals surface area (Å²) in [5.74, 6) is 1.82. The van der Waals surface area contributed by atoms with Gasteiger partial charge in [-0.1, -0.05) is 37.2 Å². The number of carbonyl (C=O) groups is 1. The SMILES string of the molecule is C=CCn1c(CCCC)nnc1SCC(=O)Nc1cccc(OC)c1. The van der Waals surface area contributed by atoms with Crippen molar-refractivity contribution in [3.63, 3.8) is 0 Å². The molecule has 6 nitrogen and oxygen atoms in total. The number of rotatable bonds is 10. The van der Waals surface area contributed by atoms with Crippen molar-refractivity contribution in [1.82, 2.24) is 14.8 Å². The number of amides is 1. The highest BCUT2D eigenvalue weighted by Gasteiger charge is 2.13. The Hall–Kier alpha value is -2.28. The summed E-state index contributed by atoms with van der Waals surface area (Å²) < 4.78 is 7.18. The number of anilines is 1. The Morgan fingerprint density at radius 2 is 2.28 bits per heavy atom. The van der Waals surface area contributed by atoms with E-state index < -0.39 is 0 Å². The predicted molar refractivity (Wildman–Crippen MR) is 101 cm³/mol. The number of aromatic nitrogens is 3. The quantitative estimate of drug-likeness (QED) is 0.518. The van der Waals surface area contributed by atoms with Crippen LogP contribution in [0.25, 0.3) is 0 Å². The van der Waals surface area contributed by atoms with Crippen molar-refractivity contribution < 1.29 is 9.53 Å². The molecule has 134 valence electrons. The molecule has 0 saturated carbocycles. The molecular weight excluding hydrogens is 336 g/mol. The average molecular weight is 360 g/mol. The first-order valence-electron chi connectivity index (χ1n) is 8.27. The minimum atomic E-state index is -0.0958. The molecule has 1 amide bonds. The number of aryl methyl sites for hydroxylation is 1. The Kier molecular flexibility index (Phi) is 7.53. The van der Waals surface area contributed by atoms with Crippen LogP contribution in [0.15, 0.2) is 42.1 Å². The molecule has 0 aliphatic rings. The van der Waals surface area contributed by atoms with E-state index in [-0.39, 0.29) is 11.7 Å². The first-order chi connectivity index (χ1) is 12.2. The van der Waals surface area contributed by atoms with Crippen molar-refractivity contribution in [2.24, 2.45) is 0 Å². The molecule has 0 unspecified atom stereocenters. The molecule has 2 aromatic rings. The summed E-state index contributed by atoms with van der Waals surface area (Å²) >= 11 is 1.38. The van der Waals surface area contributed by atoms with Crippen LogP contribution in [0.3, 0.4) is 0 Å². The molecule has 1 aromatic carbocycles. The summed E-state index contributed by atoms with van der Waals surface area (Å²) in [5, 5.41) is 12.1. The smallest absolute Gasteiger partial charge is 0.234 e. The normalized spacial score (nSPS) is 10.5. The van der Waals surface area contributed by atoms with E-state index in [0.29, 0.717) is 18.0 Å². The van der Waals surface area contributed by atoms with Gasteiger partial charge in [0.05, 0.1) is 12.9 Å². The molecule has 1 aromatic heterocycles. The van der Waals surface area contributed by atoms with E-state index in [1.165, 1.54) is 11.8 Å². The topological polar surface area (TPSA) is 69.0 Å². The van der Waals surface area contributed by atoms with Gasteiger partial charge in [0, 0.05) is 24.7 Å². The fourth-order valence-electron chi connectivity index (χ4n) is 2.29. The fourth-order valence-corrected chi connectivity index (χ4v) is 3.05. The number of benzene rings is 1. The number of nitrogens with one attached hydrogen (secondary N) is 1. The van der Waals surface area contributed by atoms with Crippen LogP contribution < -0.4 is 10.1 Å².